The molecule has 1 N–H and O–H groups in total. The average Bonchev–Trinajstić information content (AvgIpc) is 2.88. The molecular formula is C17H20ClF3N2O2. The molecule has 0 aromatic heterocycles. The smallest absolute Gasteiger partial charge is 0.356 e. The molecule has 1 heterocycles. The van der Waals surface area contributed by atoms with Crippen molar-refractivity contribution in [1.82, 2.24) is 5.32 Å². The van der Waals surface area contributed by atoms with Gasteiger partial charge >= 0.3 is 6.18 Å². The maximum atomic E-state index is 13.0. The first-order valence-corrected chi connectivity index (χ1v) is 8.42. The van der Waals surface area contributed by atoms with Crippen molar-refractivity contribution in [2.45, 2.75) is 32.9 Å². The van der Waals surface area contributed by atoms with E-state index in [9.17, 15) is 22.8 Å². The first-order chi connectivity index (χ1) is 11.6. The van der Waals surface area contributed by atoms with Crippen LogP contribution in [0.1, 0.15) is 32.3 Å². The van der Waals surface area contributed by atoms with E-state index in [0.717, 1.165) is 18.6 Å². The molecule has 0 bridgehead atoms. The minimum absolute atomic E-state index is 0.0164. The molecule has 25 heavy (non-hydrogen) atoms. The second-order valence-electron chi connectivity index (χ2n) is 6.54. The summed E-state index contributed by atoms with van der Waals surface area (Å²) in [6, 6.07) is 3.32. The van der Waals surface area contributed by atoms with Crippen molar-refractivity contribution < 1.29 is 22.8 Å². The van der Waals surface area contributed by atoms with Gasteiger partial charge in [-0.05, 0) is 30.5 Å². The van der Waals surface area contributed by atoms with Crippen molar-refractivity contribution in [3.05, 3.63) is 28.8 Å². The number of nitrogens with one attached hydrogen (secondary N) is 1. The van der Waals surface area contributed by atoms with Gasteiger partial charge in [0.1, 0.15) is 0 Å². The summed E-state index contributed by atoms with van der Waals surface area (Å²) in [5.41, 5.74) is -0.900. The Kier molecular flexibility index (Phi) is 5.98. The highest BCUT2D eigenvalue weighted by Gasteiger charge is 2.37. The summed E-state index contributed by atoms with van der Waals surface area (Å²) in [4.78, 5) is 25.5. The second-order valence-corrected chi connectivity index (χ2v) is 6.95. The normalized spacial score (nSPS) is 18.1. The van der Waals surface area contributed by atoms with E-state index in [2.05, 4.69) is 5.32 Å². The van der Waals surface area contributed by atoms with Gasteiger partial charge in [0.15, 0.2) is 0 Å². The Labute approximate surface area is 149 Å². The molecule has 1 aliphatic rings. The lowest BCUT2D eigenvalue weighted by atomic mass is 10.1. The molecule has 1 unspecified atom stereocenters. The van der Waals surface area contributed by atoms with Crippen LogP contribution in [0.15, 0.2) is 18.2 Å². The van der Waals surface area contributed by atoms with E-state index in [1.54, 1.807) is 0 Å². The Balaban J connectivity index is 2.09. The zero-order chi connectivity index (χ0) is 18.8. The average molecular weight is 377 g/mol. The van der Waals surface area contributed by atoms with Crippen LogP contribution < -0.4 is 10.2 Å². The van der Waals surface area contributed by atoms with E-state index in [-0.39, 0.29) is 30.5 Å². The fourth-order valence-electron chi connectivity index (χ4n) is 2.66. The van der Waals surface area contributed by atoms with Crippen LogP contribution in [0.5, 0.6) is 0 Å². The summed E-state index contributed by atoms with van der Waals surface area (Å²) in [6.45, 7) is 4.64. The van der Waals surface area contributed by atoms with Crippen molar-refractivity contribution in [3.8, 4) is 0 Å². The summed E-state index contributed by atoms with van der Waals surface area (Å²) in [6.07, 6.45) is -3.80. The highest BCUT2D eigenvalue weighted by molar-refractivity contribution is 6.31. The Morgan fingerprint density at radius 3 is 2.68 bits per heavy atom. The van der Waals surface area contributed by atoms with Gasteiger partial charge in [-0.3, -0.25) is 9.59 Å². The molecule has 0 radical (unpaired) electrons. The topological polar surface area (TPSA) is 49.4 Å². The van der Waals surface area contributed by atoms with Crippen molar-refractivity contribution in [2.24, 2.45) is 11.8 Å². The quantitative estimate of drug-likeness (QED) is 0.848. The second kappa shape index (κ2) is 7.64. The largest absolute Gasteiger partial charge is 0.417 e. The van der Waals surface area contributed by atoms with Gasteiger partial charge in [0, 0.05) is 25.2 Å². The number of anilines is 1. The molecule has 4 nitrogen and oxygen atoms in total. The van der Waals surface area contributed by atoms with Crippen LogP contribution in [-0.2, 0) is 15.8 Å². The molecule has 138 valence electrons. The number of benzene rings is 1. The lowest BCUT2D eigenvalue weighted by Crippen LogP contribution is -2.34. The molecule has 0 aliphatic carbocycles. The van der Waals surface area contributed by atoms with Crippen LogP contribution >= 0.6 is 11.6 Å². The lowest BCUT2D eigenvalue weighted by Gasteiger charge is -2.19. The third-order valence-electron chi connectivity index (χ3n) is 4.08. The third kappa shape index (κ3) is 4.87. The summed E-state index contributed by atoms with van der Waals surface area (Å²) in [7, 11) is 0. The highest BCUT2D eigenvalue weighted by atomic mass is 35.5. The molecule has 1 fully saturated rings. The predicted octanol–water partition coefficient (Wildman–Crippen LogP) is 3.87. The molecule has 0 saturated carbocycles. The number of nitrogens with zero attached hydrogens (tertiary/aromatic N) is 1. The fourth-order valence-corrected chi connectivity index (χ4v) is 2.88. The summed E-state index contributed by atoms with van der Waals surface area (Å²) in [5.74, 6) is -0.748. The summed E-state index contributed by atoms with van der Waals surface area (Å²) < 4.78 is 38.9. The van der Waals surface area contributed by atoms with Crippen molar-refractivity contribution in [1.29, 1.82) is 0 Å². The molecule has 1 aromatic rings. The highest BCUT2D eigenvalue weighted by Crippen LogP contribution is 2.38. The van der Waals surface area contributed by atoms with E-state index < -0.39 is 22.7 Å². The van der Waals surface area contributed by atoms with Crippen LogP contribution in [0.2, 0.25) is 5.02 Å². The van der Waals surface area contributed by atoms with Crippen molar-refractivity contribution in [3.63, 3.8) is 0 Å². The standard InChI is InChI=1S/C17H20ClF3N2O2/c1-10(2)5-6-22-16(25)11-7-15(24)23(9-11)12-3-4-14(18)13(8-12)17(19,20)21/h3-4,8,10-11H,5-7,9H2,1-2H3,(H,22,25). The zero-order valence-electron chi connectivity index (χ0n) is 14.0. The zero-order valence-corrected chi connectivity index (χ0v) is 14.7. The number of hydrogen-bond donors (Lipinski definition) is 1. The monoisotopic (exact) mass is 376 g/mol. The van der Waals surface area contributed by atoms with Crippen LogP contribution in [0.3, 0.4) is 0 Å². The molecule has 1 aliphatic heterocycles. The van der Waals surface area contributed by atoms with Crippen molar-refractivity contribution >= 4 is 29.1 Å². The van der Waals surface area contributed by atoms with Gasteiger partial charge in [-0.15, -0.1) is 0 Å². The number of hydrogen-bond acceptors (Lipinski definition) is 2. The van der Waals surface area contributed by atoms with Crippen LogP contribution in [0, 0.1) is 11.8 Å². The molecule has 0 spiro atoms. The number of halogens is 4. The van der Waals surface area contributed by atoms with Crippen molar-refractivity contribution in [2.75, 3.05) is 18.0 Å². The number of alkyl halides is 3. The molecule has 1 saturated heterocycles. The maximum absolute atomic E-state index is 13.0. The number of amides is 2. The van der Waals surface area contributed by atoms with Gasteiger partial charge in [-0.1, -0.05) is 25.4 Å². The maximum Gasteiger partial charge on any atom is 0.417 e. The lowest BCUT2D eigenvalue weighted by molar-refractivity contribution is -0.137. The number of carbonyl (C=O) groups is 2. The molecule has 2 rings (SSSR count). The minimum Gasteiger partial charge on any atom is -0.356 e. The third-order valence-corrected chi connectivity index (χ3v) is 4.41. The van der Waals surface area contributed by atoms with E-state index in [4.69, 9.17) is 11.6 Å². The first-order valence-electron chi connectivity index (χ1n) is 8.04. The van der Waals surface area contributed by atoms with Crippen LogP contribution in [0.4, 0.5) is 18.9 Å². The molecule has 1 atom stereocenters. The molecular weight excluding hydrogens is 357 g/mol. The molecule has 2 amide bonds. The fraction of sp³-hybridized carbons (Fsp3) is 0.529. The van der Waals surface area contributed by atoms with E-state index in [1.165, 1.54) is 11.0 Å². The van der Waals surface area contributed by atoms with Gasteiger partial charge < -0.3 is 10.2 Å². The summed E-state index contributed by atoms with van der Waals surface area (Å²) in [5, 5.41) is 2.35. The molecule has 8 heteroatoms. The first kappa shape index (κ1) is 19.6. The Hall–Kier alpha value is -1.76. The van der Waals surface area contributed by atoms with E-state index in [1.807, 2.05) is 13.8 Å². The van der Waals surface area contributed by atoms with Crippen LogP contribution in [-0.4, -0.2) is 24.9 Å². The predicted molar refractivity (Wildman–Crippen MR) is 89.4 cm³/mol. The van der Waals surface area contributed by atoms with Gasteiger partial charge in [0.05, 0.1) is 16.5 Å². The molecule has 1 aromatic carbocycles. The SMILES string of the molecule is CC(C)CCNC(=O)C1CC(=O)N(c2ccc(Cl)c(C(F)(F)F)c2)C1. The minimum atomic E-state index is -4.61. The van der Waals surface area contributed by atoms with E-state index >= 15 is 0 Å². The van der Waals surface area contributed by atoms with Gasteiger partial charge in [0.2, 0.25) is 11.8 Å². The van der Waals surface area contributed by atoms with Gasteiger partial charge in [0.25, 0.3) is 0 Å². The van der Waals surface area contributed by atoms with E-state index in [0.29, 0.717) is 12.5 Å². The van der Waals surface area contributed by atoms with Gasteiger partial charge in [-0.25, -0.2) is 0 Å². The number of rotatable bonds is 5. The van der Waals surface area contributed by atoms with Gasteiger partial charge in [-0.2, -0.15) is 13.2 Å². The van der Waals surface area contributed by atoms with Crippen LogP contribution in [0.25, 0.3) is 0 Å². The number of carbonyl (C=O) groups excluding carboxylic acids is 2. The summed E-state index contributed by atoms with van der Waals surface area (Å²) >= 11 is 5.60. The Morgan fingerprint density at radius 2 is 2.08 bits per heavy atom. The Bertz CT molecular complexity index is 662. The Morgan fingerprint density at radius 1 is 1.40 bits per heavy atom.